The Morgan fingerprint density at radius 2 is 2.19 bits per heavy atom. The van der Waals surface area contributed by atoms with Crippen molar-refractivity contribution in [3.05, 3.63) is 58.8 Å². The van der Waals surface area contributed by atoms with E-state index in [1.807, 2.05) is 34.9 Å². The smallest absolute Gasteiger partial charge is 0.255 e. The van der Waals surface area contributed by atoms with E-state index >= 15 is 0 Å². The maximum absolute atomic E-state index is 12.6. The van der Waals surface area contributed by atoms with Crippen LogP contribution in [0.5, 0.6) is 0 Å². The van der Waals surface area contributed by atoms with Crippen LogP contribution in [0.2, 0.25) is 5.02 Å². The summed E-state index contributed by atoms with van der Waals surface area (Å²) in [6.07, 6.45) is 4.79. The number of aromatic nitrogens is 5. The number of pyridine rings is 1. The SMILES string of the molecule is O=C(NCCc1nc2ccc(Cl)cc2[nH]1)c1cccn2c(C3CC3)nnc12. The van der Waals surface area contributed by atoms with Crippen molar-refractivity contribution in [1.29, 1.82) is 0 Å². The first-order valence-corrected chi connectivity index (χ1v) is 9.33. The van der Waals surface area contributed by atoms with Gasteiger partial charge in [-0.3, -0.25) is 9.20 Å². The molecule has 0 radical (unpaired) electrons. The maximum Gasteiger partial charge on any atom is 0.255 e. The molecule has 0 unspecified atom stereocenters. The van der Waals surface area contributed by atoms with E-state index in [1.165, 1.54) is 0 Å². The van der Waals surface area contributed by atoms with E-state index < -0.39 is 0 Å². The summed E-state index contributed by atoms with van der Waals surface area (Å²) in [7, 11) is 0. The molecule has 1 fully saturated rings. The van der Waals surface area contributed by atoms with Gasteiger partial charge in [0.05, 0.1) is 16.6 Å². The monoisotopic (exact) mass is 380 g/mol. The Hall–Kier alpha value is -2.93. The number of hydrogen-bond acceptors (Lipinski definition) is 4. The average molecular weight is 381 g/mol. The molecular weight excluding hydrogens is 364 g/mol. The van der Waals surface area contributed by atoms with E-state index in [2.05, 4.69) is 25.5 Å². The predicted octanol–water partition coefficient (Wildman–Crippen LogP) is 3.11. The lowest BCUT2D eigenvalue weighted by Crippen LogP contribution is -2.26. The minimum atomic E-state index is -0.158. The highest BCUT2D eigenvalue weighted by molar-refractivity contribution is 6.31. The quantitative estimate of drug-likeness (QED) is 0.556. The number of benzene rings is 1. The third-order valence-electron chi connectivity index (χ3n) is 4.79. The molecule has 0 bridgehead atoms. The molecule has 8 heteroatoms. The van der Waals surface area contributed by atoms with Gasteiger partial charge in [-0.05, 0) is 43.2 Å². The summed E-state index contributed by atoms with van der Waals surface area (Å²) in [6.45, 7) is 0.469. The summed E-state index contributed by atoms with van der Waals surface area (Å²) in [6, 6.07) is 9.17. The number of nitrogens with zero attached hydrogens (tertiary/aromatic N) is 4. The summed E-state index contributed by atoms with van der Waals surface area (Å²) in [4.78, 5) is 20.4. The molecule has 0 aliphatic heterocycles. The fourth-order valence-corrected chi connectivity index (χ4v) is 3.45. The minimum absolute atomic E-state index is 0.158. The first-order valence-electron chi connectivity index (χ1n) is 8.95. The molecule has 3 aromatic heterocycles. The molecule has 1 aromatic carbocycles. The Morgan fingerprint density at radius 1 is 1.30 bits per heavy atom. The Bertz CT molecular complexity index is 1160. The number of fused-ring (bicyclic) bond motifs is 2. The van der Waals surface area contributed by atoms with Crippen molar-refractivity contribution in [3.8, 4) is 0 Å². The molecule has 3 heterocycles. The van der Waals surface area contributed by atoms with E-state index in [9.17, 15) is 4.79 Å². The van der Waals surface area contributed by atoms with Crippen LogP contribution in [0.3, 0.4) is 0 Å². The highest BCUT2D eigenvalue weighted by Gasteiger charge is 2.29. The van der Waals surface area contributed by atoms with Crippen molar-refractivity contribution in [2.24, 2.45) is 0 Å². The number of H-pyrrole nitrogens is 1. The van der Waals surface area contributed by atoms with Crippen LogP contribution in [0.1, 0.15) is 40.8 Å². The van der Waals surface area contributed by atoms with Crippen LogP contribution in [0.25, 0.3) is 16.7 Å². The average Bonchev–Trinajstić information content (AvgIpc) is 3.28. The van der Waals surface area contributed by atoms with E-state index in [1.54, 1.807) is 6.07 Å². The number of carbonyl (C=O) groups excluding carboxylic acids is 1. The standard InChI is InChI=1S/C19H17ClN6O/c20-12-5-6-14-15(10-12)23-16(22-14)7-8-21-19(27)13-2-1-9-26-17(11-3-4-11)24-25-18(13)26/h1-2,5-6,9-11H,3-4,7-8H2,(H,21,27)(H,22,23). The van der Waals surface area contributed by atoms with Gasteiger partial charge in [0.2, 0.25) is 0 Å². The highest BCUT2D eigenvalue weighted by atomic mass is 35.5. The summed E-state index contributed by atoms with van der Waals surface area (Å²) in [5.74, 6) is 2.07. The van der Waals surface area contributed by atoms with Gasteiger partial charge in [-0.2, -0.15) is 0 Å². The molecule has 1 aliphatic rings. The van der Waals surface area contributed by atoms with Crippen LogP contribution in [-0.2, 0) is 6.42 Å². The lowest BCUT2D eigenvalue weighted by molar-refractivity contribution is 0.0955. The maximum atomic E-state index is 12.6. The first-order chi connectivity index (χ1) is 13.2. The van der Waals surface area contributed by atoms with Gasteiger partial charge in [-0.15, -0.1) is 10.2 Å². The van der Waals surface area contributed by atoms with Gasteiger partial charge < -0.3 is 10.3 Å². The molecule has 0 spiro atoms. The van der Waals surface area contributed by atoms with Crippen molar-refractivity contribution in [3.63, 3.8) is 0 Å². The number of halogens is 1. The number of nitrogens with one attached hydrogen (secondary N) is 2. The second-order valence-corrected chi connectivity index (χ2v) is 7.24. The van der Waals surface area contributed by atoms with Gasteiger partial charge in [0.1, 0.15) is 11.6 Å². The van der Waals surface area contributed by atoms with Crippen LogP contribution in [0, 0.1) is 0 Å². The molecule has 1 aliphatic carbocycles. The number of imidazole rings is 1. The molecule has 0 saturated heterocycles. The van der Waals surface area contributed by atoms with Crippen molar-refractivity contribution < 1.29 is 4.79 Å². The van der Waals surface area contributed by atoms with Crippen molar-refractivity contribution in [2.45, 2.75) is 25.2 Å². The number of amides is 1. The number of aromatic amines is 1. The van der Waals surface area contributed by atoms with Crippen LogP contribution in [0.15, 0.2) is 36.5 Å². The summed E-state index contributed by atoms with van der Waals surface area (Å²) in [5.41, 5.74) is 2.90. The second-order valence-electron chi connectivity index (χ2n) is 6.80. The molecule has 27 heavy (non-hydrogen) atoms. The third-order valence-corrected chi connectivity index (χ3v) is 5.02. The number of hydrogen-bond donors (Lipinski definition) is 2. The van der Waals surface area contributed by atoms with Gasteiger partial charge in [-0.1, -0.05) is 11.6 Å². The van der Waals surface area contributed by atoms with Crippen LogP contribution in [0.4, 0.5) is 0 Å². The van der Waals surface area contributed by atoms with E-state index in [0.29, 0.717) is 35.1 Å². The van der Waals surface area contributed by atoms with E-state index in [4.69, 9.17) is 11.6 Å². The summed E-state index contributed by atoms with van der Waals surface area (Å²) < 4.78 is 1.93. The normalized spacial score (nSPS) is 14.1. The van der Waals surface area contributed by atoms with Crippen molar-refractivity contribution >= 4 is 34.2 Å². The minimum Gasteiger partial charge on any atom is -0.351 e. The molecule has 136 valence electrons. The molecule has 5 rings (SSSR count). The van der Waals surface area contributed by atoms with Crippen LogP contribution < -0.4 is 5.32 Å². The van der Waals surface area contributed by atoms with Gasteiger partial charge in [0.15, 0.2) is 5.65 Å². The van der Waals surface area contributed by atoms with E-state index in [-0.39, 0.29) is 5.91 Å². The number of carbonyl (C=O) groups is 1. The van der Waals surface area contributed by atoms with E-state index in [0.717, 1.165) is 35.5 Å². The zero-order valence-electron chi connectivity index (χ0n) is 14.4. The van der Waals surface area contributed by atoms with Gasteiger partial charge in [-0.25, -0.2) is 4.98 Å². The molecule has 2 N–H and O–H groups in total. The topological polar surface area (TPSA) is 88.0 Å². The van der Waals surface area contributed by atoms with Crippen molar-refractivity contribution in [1.82, 2.24) is 29.9 Å². The molecule has 1 saturated carbocycles. The summed E-state index contributed by atoms with van der Waals surface area (Å²) >= 11 is 6.00. The Labute approximate surface area is 159 Å². The Balaban J connectivity index is 1.29. The molecular formula is C19H17ClN6O. The molecule has 7 nitrogen and oxygen atoms in total. The predicted molar refractivity (Wildman–Crippen MR) is 102 cm³/mol. The Kier molecular flexibility index (Phi) is 3.82. The van der Waals surface area contributed by atoms with Crippen LogP contribution in [-0.4, -0.2) is 37.0 Å². The lowest BCUT2D eigenvalue weighted by Gasteiger charge is -2.05. The fraction of sp³-hybridized carbons (Fsp3) is 0.263. The van der Waals surface area contributed by atoms with Crippen molar-refractivity contribution in [2.75, 3.05) is 6.54 Å². The number of rotatable bonds is 5. The van der Waals surface area contributed by atoms with Gasteiger partial charge in [0, 0.05) is 30.1 Å². The fourth-order valence-electron chi connectivity index (χ4n) is 3.27. The first kappa shape index (κ1) is 16.3. The molecule has 0 atom stereocenters. The van der Waals surface area contributed by atoms with Gasteiger partial charge in [0.25, 0.3) is 5.91 Å². The third kappa shape index (κ3) is 3.04. The highest BCUT2D eigenvalue weighted by Crippen LogP contribution is 2.39. The summed E-state index contributed by atoms with van der Waals surface area (Å²) in [5, 5.41) is 12.1. The zero-order chi connectivity index (χ0) is 18.4. The van der Waals surface area contributed by atoms with Gasteiger partial charge >= 0.3 is 0 Å². The zero-order valence-corrected chi connectivity index (χ0v) is 15.2. The van der Waals surface area contributed by atoms with Crippen LogP contribution >= 0.6 is 11.6 Å². The second kappa shape index (κ2) is 6.35. The largest absolute Gasteiger partial charge is 0.351 e. The molecule has 1 amide bonds. The Morgan fingerprint density at radius 3 is 3.04 bits per heavy atom. The molecule has 4 aromatic rings. The lowest BCUT2D eigenvalue weighted by atomic mass is 10.2.